The number of benzene rings is 1. The molecule has 0 heterocycles. The molecule has 0 aromatic heterocycles. The lowest BCUT2D eigenvalue weighted by atomic mass is 10.1. The molecule has 0 spiro atoms. The topological polar surface area (TPSA) is 29.3 Å². The molecule has 3 heteroatoms. The molecule has 0 saturated heterocycles. The summed E-state index contributed by atoms with van der Waals surface area (Å²) in [5.41, 5.74) is 7.74. The minimum absolute atomic E-state index is 0.414. The first kappa shape index (κ1) is 16.1. The van der Waals surface area contributed by atoms with E-state index in [1.807, 2.05) is 11.8 Å². The van der Waals surface area contributed by atoms with Gasteiger partial charge in [0.05, 0.1) is 6.54 Å². The predicted molar refractivity (Wildman–Crippen MR) is 86.3 cm³/mol. The first-order valence-electron chi connectivity index (χ1n) is 6.68. The van der Waals surface area contributed by atoms with E-state index in [0.29, 0.717) is 12.6 Å². The molecule has 19 heavy (non-hydrogen) atoms. The quantitative estimate of drug-likeness (QED) is 0.810. The van der Waals surface area contributed by atoms with E-state index in [1.165, 1.54) is 17.7 Å². The van der Waals surface area contributed by atoms with E-state index >= 15 is 0 Å². The second-order valence-corrected chi connectivity index (χ2v) is 5.55. The third-order valence-corrected chi connectivity index (χ3v) is 3.89. The number of thioether (sulfide) groups is 1. The zero-order valence-electron chi connectivity index (χ0n) is 12.1. The second kappa shape index (κ2) is 9.03. The summed E-state index contributed by atoms with van der Waals surface area (Å²) in [5.74, 6) is 7.11. The Morgan fingerprint density at radius 3 is 2.53 bits per heavy atom. The number of nitrogens with zero attached hydrogens (tertiary/aromatic N) is 1. The molecule has 0 fully saturated rings. The summed E-state index contributed by atoms with van der Waals surface area (Å²) < 4.78 is 0. The van der Waals surface area contributed by atoms with E-state index in [9.17, 15) is 0 Å². The Morgan fingerprint density at radius 2 is 2.00 bits per heavy atom. The zero-order valence-corrected chi connectivity index (χ0v) is 13.0. The maximum Gasteiger partial charge on any atom is 0.0555 e. The highest BCUT2D eigenvalue weighted by molar-refractivity contribution is 7.98. The Bertz CT molecular complexity index is 417. The van der Waals surface area contributed by atoms with Crippen LogP contribution in [0.15, 0.2) is 24.3 Å². The van der Waals surface area contributed by atoms with Crippen LogP contribution in [0.3, 0.4) is 0 Å². The lowest BCUT2D eigenvalue weighted by Crippen LogP contribution is -2.32. The maximum absolute atomic E-state index is 5.37. The third kappa shape index (κ3) is 5.69. The SMILES string of the molecule is CCC(CSC)N(C)Cc1ccc(C#CCN)cc1. The minimum atomic E-state index is 0.414. The van der Waals surface area contributed by atoms with E-state index in [2.05, 4.69) is 61.2 Å². The molecule has 0 aliphatic rings. The van der Waals surface area contributed by atoms with Crippen molar-refractivity contribution in [3.63, 3.8) is 0 Å². The fourth-order valence-electron chi connectivity index (χ4n) is 2.01. The number of hydrogen-bond acceptors (Lipinski definition) is 3. The van der Waals surface area contributed by atoms with Crippen LogP contribution in [0.4, 0.5) is 0 Å². The summed E-state index contributed by atoms with van der Waals surface area (Å²) in [6.07, 6.45) is 3.36. The van der Waals surface area contributed by atoms with Gasteiger partial charge in [0.1, 0.15) is 0 Å². The molecule has 1 atom stereocenters. The molecule has 1 aromatic carbocycles. The normalized spacial score (nSPS) is 12.1. The highest BCUT2D eigenvalue weighted by atomic mass is 32.2. The molecule has 1 rings (SSSR count). The van der Waals surface area contributed by atoms with Crippen molar-refractivity contribution in [2.75, 3.05) is 25.6 Å². The van der Waals surface area contributed by atoms with Crippen molar-refractivity contribution in [2.24, 2.45) is 5.73 Å². The molecule has 0 amide bonds. The van der Waals surface area contributed by atoms with Crippen molar-refractivity contribution in [1.29, 1.82) is 0 Å². The van der Waals surface area contributed by atoms with E-state index in [4.69, 9.17) is 5.73 Å². The van der Waals surface area contributed by atoms with Crippen molar-refractivity contribution in [2.45, 2.75) is 25.9 Å². The first-order valence-corrected chi connectivity index (χ1v) is 8.07. The number of rotatable bonds is 6. The lowest BCUT2D eigenvalue weighted by molar-refractivity contribution is 0.248. The highest BCUT2D eigenvalue weighted by Crippen LogP contribution is 2.13. The molecule has 1 aromatic rings. The van der Waals surface area contributed by atoms with E-state index in [0.717, 1.165) is 12.1 Å². The van der Waals surface area contributed by atoms with Crippen molar-refractivity contribution < 1.29 is 0 Å². The van der Waals surface area contributed by atoms with Gasteiger partial charge in [0.25, 0.3) is 0 Å². The summed E-state index contributed by atoms with van der Waals surface area (Å²) in [6.45, 7) is 3.66. The van der Waals surface area contributed by atoms with Gasteiger partial charge in [-0.3, -0.25) is 4.90 Å². The van der Waals surface area contributed by atoms with Gasteiger partial charge in [-0.05, 0) is 37.4 Å². The average molecular weight is 276 g/mol. The van der Waals surface area contributed by atoms with Gasteiger partial charge < -0.3 is 5.73 Å². The molecule has 2 nitrogen and oxygen atoms in total. The summed E-state index contributed by atoms with van der Waals surface area (Å²) in [7, 11) is 2.20. The molecule has 0 bridgehead atoms. The van der Waals surface area contributed by atoms with Gasteiger partial charge in [0, 0.05) is 23.9 Å². The molecular formula is C16H24N2S. The average Bonchev–Trinajstić information content (AvgIpc) is 2.43. The molecule has 1 unspecified atom stereocenters. The van der Waals surface area contributed by atoms with Crippen molar-refractivity contribution in [1.82, 2.24) is 4.90 Å². The Labute approximate surface area is 121 Å². The zero-order chi connectivity index (χ0) is 14.1. The molecule has 0 aliphatic heterocycles. The van der Waals surface area contributed by atoms with Crippen LogP contribution in [0.1, 0.15) is 24.5 Å². The predicted octanol–water partition coefficient (Wildman–Crippen LogP) is 2.57. The van der Waals surface area contributed by atoms with Crippen LogP contribution in [-0.2, 0) is 6.54 Å². The Hall–Kier alpha value is -0.950. The first-order chi connectivity index (χ1) is 9.21. The number of nitrogens with two attached hydrogens (primary N) is 1. The fraction of sp³-hybridized carbons (Fsp3) is 0.500. The van der Waals surface area contributed by atoms with Gasteiger partial charge >= 0.3 is 0 Å². The lowest BCUT2D eigenvalue weighted by Gasteiger charge is -2.26. The van der Waals surface area contributed by atoms with Gasteiger partial charge in [-0.15, -0.1) is 0 Å². The smallest absolute Gasteiger partial charge is 0.0555 e. The molecule has 104 valence electrons. The van der Waals surface area contributed by atoms with Crippen LogP contribution < -0.4 is 5.73 Å². The molecule has 2 N–H and O–H groups in total. The van der Waals surface area contributed by atoms with Crippen LogP contribution in [0.5, 0.6) is 0 Å². The van der Waals surface area contributed by atoms with Crippen LogP contribution >= 0.6 is 11.8 Å². The van der Waals surface area contributed by atoms with Gasteiger partial charge in [-0.1, -0.05) is 30.9 Å². The molecular weight excluding hydrogens is 252 g/mol. The minimum Gasteiger partial charge on any atom is -0.320 e. The van der Waals surface area contributed by atoms with Crippen molar-refractivity contribution in [3.8, 4) is 11.8 Å². The largest absolute Gasteiger partial charge is 0.320 e. The van der Waals surface area contributed by atoms with E-state index in [1.54, 1.807) is 0 Å². The van der Waals surface area contributed by atoms with Crippen LogP contribution in [0.2, 0.25) is 0 Å². The summed E-state index contributed by atoms with van der Waals surface area (Å²) >= 11 is 1.91. The Kier molecular flexibility index (Phi) is 7.66. The summed E-state index contributed by atoms with van der Waals surface area (Å²) in [4.78, 5) is 2.43. The Balaban J connectivity index is 2.61. The van der Waals surface area contributed by atoms with Crippen LogP contribution in [-0.4, -0.2) is 36.5 Å². The standard InChI is InChI=1S/C16H24N2S/c1-4-16(13-19-3)18(2)12-15-9-7-14(8-10-15)6-5-11-17/h7-10,16H,4,11-13,17H2,1-3H3. The van der Waals surface area contributed by atoms with Gasteiger partial charge in [0.2, 0.25) is 0 Å². The van der Waals surface area contributed by atoms with Gasteiger partial charge in [0.15, 0.2) is 0 Å². The van der Waals surface area contributed by atoms with Gasteiger partial charge in [-0.25, -0.2) is 0 Å². The van der Waals surface area contributed by atoms with Gasteiger partial charge in [-0.2, -0.15) is 11.8 Å². The summed E-state index contributed by atoms with van der Waals surface area (Å²) in [5, 5.41) is 0. The van der Waals surface area contributed by atoms with E-state index in [-0.39, 0.29) is 0 Å². The fourth-order valence-corrected chi connectivity index (χ4v) is 2.89. The van der Waals surface area contributed by atoms with Crippen molar-refractivity contribution in [3.05, 3.63) is 35.4 Å². The number of hydrogen-bond donors (Lipinski definition) is 1. The molecule has 0 aliphatic carbocycles. The molecule has 0 radical (unpaired) electrons. The summed E-state index contributed by atoms with van der Waals surface area (Å²) in [6, 6.07) is 9.10. The maximum atomic E-state index is 5.37. The third-order valence-electron chi connectivity index (χ3n) is 3.17. The highest BCUT2D eigenvalue weighted by Gasteiger charge is 2.11. The molecule has 0 saturated carbocycles. The van der Waals surface area contributed by atoms with E-state index < -0.39 is 0 Å². The van der Waals surface area contributed by atoms with Crippen LogP contribution in [0, 0.1) is 11.8 Å². The van der Waals surface area contributed by atoms with Crippen LogP contribution in [0.25, 0.3) is 0 Å². The monoisotopic (exact) mass is 276 g/mol. The Morgan fingerprint density at radius 1 is 1.32 bits per heavy atom. The second-order valence-electron chi connectivity index (χ2n) is 4.64. The van der Waals surface area contributed by atoms with Crippen molar-refractivity contribution >= 4 is 11.8 Å².